The summed E-state index contributed by atoms with van der Waals surface area (Å²) in [6.07, 6.45) is 0.705. The van der Waals surface area contributed by atoms with Gasteiger partial charge in [0.1, 0.15) is 23.0 Å². The van der Waals surface area contributed by atoms with Crippen molar-refractivity contribution in [1.29, 1.82) is 0 Å². The molecule has 1 amide bonds. The molecule has 0 aliphatic rings. The number of rotatable bonds is 8. The van der Waals surface area contributed by atoms with Crippen LogP contribution in [-0.4, -0.2) is 43.0 Å². The first kappa shape index (κ1) is 21.2. The number of carbonyl (C=O) groups is 2. The molecule has 0 aliphatic carbocycles. The monoisotopic (exact) mass is 402 g/mol. The van der Waals surface area contributed by atoms with Crippen molar-refractivity contribution >= 4 is 28.8 Å². The SMILES string of the molecule is COc1ccc(OC)c(/C(O)=C/C(=O)C(=O)Nc2cc([N+](=O)[O-])ccc2OC)c1. The van der Waals surface area contributed by atoms with Crippen molar-refractivity contribution in [3.63, 3.8) is 0 Å². The highest BCUT2D eigenvalue weighted by Crippen LogP contribution is 2.30. The van der Waals surface area contributed by atoms with E-state index < -0.39 is 22.4 Å². The summed E-state index contributed by atoms with van der Waals surface area (Å²) in [5.41, 5.74) is -0.221. The summed E-state index contributed by atoms with van der Waals surface area (Å²) < 4.78 is 15.2. The minimum atomic E-state index is -1.13. The van der Waals surface area contributed by atoms with Gasteiger partial charge in [0.2, 0.25) is 5.78 Å². The van der Waals surface area contributed by atoms with Gasteiger partial charge < -0.3 is 24.6 Å². The number of nitrogens with one attached hydrogen (secondary N) is 1. The Bertz CT molecular complexity index is 984. The highest BCUT2D eigenvalue weighted by Gasteiger charge is 2.19. The van der Waals surface area contributed by atoms with Crippen LogP contribution < -0.4 is 19.5 Å². The molecule has 0 radical (unpaired) electrons. The van der Waals surface area contributed by atoms with E-state index in [1.54, 1.807) is 6.07 Å². The molecule has 2 rings (SSSR count). The number of ketones is 1. The Morgan fingerprint density at radius 2 is 1.69 bits per heavy atom. The van der Waals surface area contributed by atoms with Crippen LogP contribution in [0.25, 0.3) is 5.76 Å². The van der Waals surface area contributed by atoms with Gasteiger partial charge in [-0.3, -0.25) is 19.7 Å². The van der Waals surface area contributed by atoms with Crippen LogP contribution in [0.15, 0.2) is 42.5 Å². The molecule has 0 heterocycles. The Morgan fingerprint density at radius 1 is 1.03 bits per heavy atom. The zero-order valence-electron chi connectivity index (χ0n) is 15.8. The third kappa shape index (κ3) is 5.01. The smallest absolute Gasteiger partial charge is 0.296 e. The molecule has 2 N–H and O–H groups in total. The molecule has 0 unspecified atom stereocenters. The van der Waals surface area contributed by atoms with Gasteiger partial charge in [-0.2, -0.15) is 0 Å². The Labute approximate surface area is 165 Å². The van der Waals surface area contributed by atoms with Gasteiger partial charge in [-0.25, -0.2) is 0 Å². The van der Waals surface area contributed by atoms with Crippen molar-refractivity contribution in [2.24, 2.45) is 0 Å². The second-order valence-corrected chi connectivity index (χ2v) is 5.56. The number of amides is 1. The minimum Gasteiger partial charge on any atom is -0.507 e. The Balaban J connectivity index is 2.28. The lowest BCUT2D eigenvalue weighted by Crippen LogP contribution is -2.21. The van der Waals surface area contributed by atoms with Crippen molar-refractivity contribution in [1.82, 2.24) is 0 Å². The fourth-order valence-electron chi connectivity index (χ4n) is 2.37. The van der Waals surface area contributed by atoms with Gasteiger partial charge >= 0.3 is 0 Å². The van der Waals surface area contributed by atoms with E-state index in [1.807, 2.05) is 0 Å². The lowest BCUT2D eigenvalue weighted by molar-refractivity contribution is -0.384. The van der Waals surface area contributed by atoms with E-state index in [0.717, 1.165) is 6.07 Å². The number of non-ortho nitro benzene ring substituents is 1. The third-order valence-electron chi connectivity index (χ3n) is 3.82. The van der Waals surface area contributed by atoms with E-state index >= 15 is 0 Å². The normalized spacial score (nSPS) is 10.8. The van der Waals surface area contributed by atoms with Crippen LogP contribution in [0.3, 0.4) is 0 Å². The molecule has 0 saturated carbocycles. The summed E-state index contributed by atoms with van der Waals surface area (Å²) in [4.78, 5) is 34.7. The van der Waals surface area contributed by atoms with Crippen LogP contribution in [0.1, 0.15) is 5.56 Å². The maximum atomic E-state index is 12.2. The zero-order valence-corrected chi connectivity index (χ0v) is 15.8. The molecule has 0 fully saturated rings. The maximum Gasteiger partial charge on any atom is 0.296 e. The van der Waals surface area contributed by atoms with Crippen molar-refractivity contribution in [2.75, 3.05) is 26.6 Å². The number of carbonyl (C=O) groups excluding carboxylic acids is 2. The molecule has 0 aliphatic heterocycles. The van der Waals surface area contributed by atoms with E-state index in [0.29, 0.717) is 11.8 Å². The molecule has 0 atom stereocenters. The Hall–Kier alpha value is -4.08. The third-order valence-corrected chi connectivity index (χ3v) is 3.82. The van der Waals surface area contributed by atoms with Crippen LogP contribution >= 0.6 is 0 Å². The van der Waals surface area contributed by atoms with Gasteiger partial charge in [0, 0.05) is 18.2 Å². The van der Waals surface area contributed by atoms with Crippen molar-refractivity contribution < 1.29 is 33.8 Å². The predicted octanol–water partition coefficient (Wildman–Crippen LogP) is 2.73. The van der Waals surface area contributed by atoms with Gasteiger partial charge in [-0.05, 0) is 24.3 Å². The zero-order chi connectivity index (χ0) is 21.6. The Morgan fingerprint density at radius 3 is 2.28 bits per heavy atom. The number of hydrogen-bond donors (Lipinski definition) is 2. The first-order valence-electron chi connectivity index (χ1n) is 8.11. The minimum absolute atomic E-state index is 0.0631. The molecule has 0 spiro atoms. The van der Waals surface area contributed by atoms with Gasteiger partial charge in [0.05, 0.1) is 37.5 Å². The number of nitro groups is 1. The molecule has 0 aromatic heterocycles. The number of nitrogens with zero attached hydrogens (tertiary/aromatic N) is 1. The molecule has 10 nitrogen and oxygen atoms in total. The van der Waals surface area contributed by atoms with E-state index in [4.69, 9.17) is 14.2 Å². The topological polar surface area (TPSA) is 137 Å². The number of hydrogen-bond acceptors (Lipinski definition) is 8. The summed E-state index contributed by atoms with van der Waals surface area (Å²) in [6, 6.07) is 8.08. The highest BCUT2D eigenvalue weighted by molar-refractivity contribution is 6.45. The second-order valence-electron chi connectivity index (χ2n) is 5.56. The predicted molar refractivity (Wildman–Crippen MR) is 103 cm³/mol. The molecule has 29 heavy (non-hydrogen) atoms. The maximum absolute atomic E-state index is 12.2. The molecule has 10 heteroatoms. The summed E-state index contributed by atoms with van der Waals surface area (Å²) >= 11 is 0. The number of ether oxygens (including phenoxy) is 3. The average Bonchev–Trinajstić information content (AvgIpc) is 2.72. The number of nitro benzene ring substituents is 1. The van der Waals surface area contributed by atoms with Crippen LogP contribution in [0, 0.1) is 10.1 Å². The summed E-state index contributed by atoms with van der Waals surface area (Å²) in [5.74, 6) is -1.96. The number of benzene rings is 2. The molecular weight excluding hydrogens is 384 g/mol. The first-order valence-corrected chi connectivity index (χ1v) is 8.11. The number of anilines is 1. The van der Waals surface area contributed by atoms with Crippen molar-refractivity contribution in [3.05, 3.63) is 58.2 Å². The lowest BCUT2D eigenvalue weighted by atomic mass is 10.1. The fraction of sp³-hybridized carbons (Fsp3) is 0.158. The molecule has 152 valence electrons. The quantitative estimate of drug-likeness (QED) is 0.226. The van der Waals surface area contributed by atoms with Crippen LogP contribution in [-0.2, 0) is 9.59 Å². The highest BCUT2D eigenvalue weighted by atomic mass is 16.6. The van der Waals surface area contributed by atoms with Gasteiger partial charge in [0.15, 0.2) is 0 Å². The number of methoxy groups -OCH3 is 3. The van der Waals surface area contributed by atoms with E-state index in [1.165, 1.54) is 45.6 Å². The lowest BCUT2D eigenvalue weighted by Gasteiger charge is -2.10. The first-order chi connectivity index (χ1) is 13.8. The van der Waals surface area contributed by atoms with Crippen molar-refractivity contribution in [3.8, 4) is 17.2 Å². The molecule has 2 aromatic rings. The standard InChI is InChI=1S/C19H18N2O8/c1-27-12-5-7-17(28-2)13(9-12)15(22)10-16(23)19(24)20-14-8-11(21(25)26)4-6-18(14)29-3/h4-10,22H,1-3H3,(H,20,24)/b15-10-. The van der Waals surface area contributed by atoms with Gasteiger partial charge in [-0.15, -0.1) is 0 Å². The Kier molecular flexibility index (Phi) is 6.75. The summed E-state index contributed by atoms with van der Waals surface area (Å²) in [7, 11) is 4.11. The average molecular weight is 402 g/mol. The molecular formula is C19H18N2O8. The largest absolute Gasteiger partial charge is 0.507 e. The van der Waals surface area contributed by atoms with E-state index in [2.05, 4.69) is 5.32 Å². The van der Waals surface area contributed by atoms with E-state index in [-0.39, 0.29) is 28.4 Å². The number of aliphatic hydroxyl groups is 1. The summed E-state index contributed by atoms with van der Waals surface area (Å²) in [6.45, 7) is 0. The fourth-order valence-corrected chi connectivity index (χ4v) is 2.37. The second kappa shape index (κ2) is 9.22. The van der Waals surface area contributed by atoms with Gasteiger partial charge in [-0.1, -0.05) is 0 Å². The van der Waals surface area contributed by atoms with Crippen molar-refractivity contribution in [2.45, 2.75) is 0 Å². The molecule has 0 bridgehead atoms. The molecule has 0 saturated heterocycles. The van der Waals surface area contributed by atoms with Crippen LogP contribution in [0.5, 0.6) is 17.2 Å². The number of aliphatic hydroxyl groups excluding tert-OH is 1. The molecule has 2 aromatic carbocycles. The van der Waals surface area contributed by atoms with Crippen LogP contribution in [0.2, 0.25) is 0 Å². The summed E-state index contributed by atoms with van der Waals surface area (Å²) in [5, 5.41) is 23.4. The van der Waals surface area contributed by atoms with E-state index in [9.17, 15) is 24.8 Å². The van der Waals surface area contributed by atoms with Gasteiger partial charge in [0.25, 0.3) is 11.6 Å². The van der Waals surface area contributed by atoms with Crippen LogP contribution in [0.4, 0.5) is 11.4 Å².